The molecule has 4 atom stereocenters. The molecule has 3 rings (SSSR count). The third-order valence-corrected chi connectivity index (χ3v) is 3.43. The minimum Gasteiger partial charge on any atom is -0.347 e. The van der Waals surface area contributed by atoms with Crippen molar-refractivity contribution in [2.45, 2.75) is 24.8 Å². The normalized spacial score (nSPS) is 32.1. The zero-order valence-corrected chi connectivity index (χ0v) is 11.4. The van der Waals surface area contributed by atoms with Crippen LogP contribution in [0.15, 0.2) is 42.1 Å². The third kappa shape index (κ3) is 2.81. The summed E-state index contributed by atoms with van der Waals surface area (Å²) in [6.07, 6.45) is -1.06. The first-order valence-electron chi connectivity index (χ1n) is 6.55. The number of methoxy groups -OCH3 is 1. The van der Waals surface area contributed by atoms with Crippen molar-refractivity contribution < 1.29 is 23.9 Å². The predicted molar refractivity (Wildman–Crippen MR) is 70.8 cm³/mol. The molecule has 0 radical (unpaired) electrons. The van der Waals surface area contributed by atoms with Crippen LogP contribution in [0, 0.1) is 10.1 Å². The van der Waals surface area contributed by atoms with E-state index >= 15 is 0 Å². The van der Waals surface area contributed by atoms with Crippen molar-refractivity contribution in [3.63, 3.8) is 0 Å². The van der Waals surface area contributed by atoms with E-state index in [0.29, 0.717) is 0 Å². The number of hydrogen-bond donors (Lipinski definition) is 0. The lowest BCUT2D eigenvalue weighted by Gasteiger charge is -2.38. The van der Waals surface area contributed by atoms with Crippen LogP contribution in [0.3, 0.4) is 0 Å². The van der Waals surface area contributed by atoms with Gasteiger partial charge in [0.1, 0.15) is 12.2 Å². The molecule has 0 bridgehead atoms. The van der Waals surface area contributed by atoms with Gasteiger partial charge in [-0.3, -0.25) is 10.1 Å². The zero-order valence-electron chi connectivity index (χ0n) is 11.4. The Balaban J connectivity index is 1.81. The first kappa shape index (κ1) is 14.2. The summed E-state index contributed by atoms with van der Waals surface area (Å²) >= 11 is 0. The fourth-order valence-corrected chi connectivity index (χ4v) is 2.39. The largest absolute Gasteiger partial charge is 0.347 e. The summed E-state index contributed by atoms with van der Waals surface area (Å²) in [6.45, 7) is 0.283. The SMILES string of the molecule is CO[C@@H]1O[C@@H]2COC(c3ccccc3)O[C@H]2C=C1[N+](=O)[O-]. The van der Waals surface area contributed by atoms with E-state index in [1.807, 2.05) is 30.3 Å². The van der Waals surface area contributed by atoms with Crippen molar-refractivity contribution in [1.29, 1.82) is 0 Å². The van der Waals surface area contributed by atoms with E-state index in [1.54, 1.807) is 0 Å². The number of hydrogen-bond acceptors (Lipinski definition) is 6. The van der Waals surface area contributed by atoms with E-state index in [1.165, 1.54) is 13.2 Å². The highest BCUT2D eigenvalue weighted by Gasteiger charge is 2.43. The van der Waals surface area contributed by atoms with Crippen LogP contribution in [0.25, 0.3) is 0 Å². The van der Waals surface area contributed by atoms with Crippen molar-refractivity contribution in [2.75, 3.05) is 13.7 Å². The van der Waals surface area contributed by atoms with Gasteiger partial charge in [0.2, 0.25) is 0 Å². The van der Waals surface area contributed by atoms with Crippen LogP contribution >= 0.6 is 0 Å². The second-order valence-electron chi connectivity index (χ2n) is 4.77. The van der Waals surface area contributed by atoms with Gasteiger partial charge in [-0.25, -0.2) is 0 Å². The van der Waals surface area contributed by atoms with Gasteiger partial charge in [0, 0.05) is 18.7 Å². The lowest BCUT2D eigenvalue weighted by molar-refractivity contribution is -0.458. The minimum atomic E-state index is -0.998. The molecule has 1 saturated heterocycles. The maximum atomic E-state index is 11.0. The summed E-state index contributed by atoms with van der Waals surface area (Å²) < 4.78 is 21.9. The van der Waals surface area contributed by atoms with Gasteiger partial charge in [-0.1, -0.05) is 30.3 Å². The fourth-order valence-electron chi connectivity index (χ4n) is 2.39. The summed E-state index contributed by atoms with van der Waals surface area (Å²) in [5, 5.41) is 11.0. The molecule has 0 aliphatic carbocycles. The van der Waals surface area contributed by atoms with Gasteiger partial charge in [0.25, 0.3) is 6.29 Å². The molecule has 0 N–H and O–H groups in total. The molecular formula is C14H15NO6. The van der Waals surface area contributed by atoms with Gasteiger partial charge in [-0.15, -0.1) is 0 Å². The monoisotopic (exact) mass is 293 g/mol. The molecule has 1 unspecified atom stereocenters. The van der Waals surface area contributed by atoms with E-state index in [9.17, 15) is 10.1 Å². The molecule has 2 aliphatic heterocycles. The van der Waals surface area contributed by atoms with Crippen LogP contribution < -0.4 is 0 Å². The van der Waals surface area contributed by atoms with Crippen molar-refractivity contribution in [2.24, 2.45) is 0 Å². The highest BCUT2D eigenvalue weighted by molar-refractivity contribution is 5.17. The van der Waals surface area contributed by atoms with E-state index < -0.39 is 29.7 Å². The quantitative estimate of drug-likeness (QED) is 0.622. The molecule has 2 aliphatic rings. The molecule has 2 heterocycles. The number of nitro groups is 1. The third-order valence-electron chi connectivity index (χ3n) is 3.43. The average Bonchev–Trinajstić information content (AvgIpc) is 2.53. The highest BCUT2D eigenvalue weighted by atomic mass is 16.7. The van der Waals surface area contributed by atoms with Gasteiger partial charge < -0.3 is 18.9 Å². The Hall–Kier alpha value is -1.80. The van der Waals surface area contributed by atoms with Crippen molar-refractivity contribution in [3.8, 4) is 0 Å². The molecule has 1 fully saturated rings. The Morgan fingerprint density at radius 3 is 2.71 bits per heavy atom. The standard InChI is InChI=1S/C14H15NO6/c1-18-14-10(15(16)17)7-11-12(21-14)8-19-13(20-11)9-5-3-2-4-6-9/h2-7,11-14H,8H2,1H3/t11-,12+,13?,14+/m0/s1. The molecule has 112 valence electrons. The van der Waals surface area contributed by atoms with E-state index in [-0.39, 0.29) is 12.3 Å². The lowest BCUT2D eigenvalue weighted by atomic mass is 10.1. The number of benzene rings is 1. The molecule has 1 aromatic rings. The summed E-state index contributed by atoms with van der Waals surface area (Å²) in [7, 11) is 1.36. The molecule has 7 heteroatoms. The summed E-state index contributed by atoms with van der Waals surface area (Å²) in [5.41, 5.74) is 0.716. The van der Waals surface area contributed by atoms with Crippen molar-refractivity contribution in [3.05, 3.63) is 57.8 Å². The van der Waals surface area contributed by atoms with Crippen molar-refractivity contribution >= 4 is 0 Å². The van der Waals surface area contributed by atoms with Gasteiger partial charge in [-0.2, -0.15) is 0 Å². The van der Waals surface area contributed by atoms with Gasteiger partial charge in [0.05, 0.1) is 11.5 Å². The second kappa shape index (κ2) is 5.90. The Labute approximate surface area is 121 Å². The maximum absolute atomic E-state index is 11.0. The molecule has 0 spiro atoms. The average molecular weight is 293 g/mol. The molecule has 0 saturated carbocycles. The number of nitrogens with zero attached hydrogens (tertiary/aromatic N) is 1. The Morgan fingerprint density at radius 1 is 1.29 bits per heavy atom. The van der Waals surface area contributed by atoms with Gasteiger partial charge in [-0.05, 0) is 0 Å². The molecule has 7 nitrogen and oxygen atoms in total. The Kier molecular flexibility index (Phi) is 3.98. The van der Waals surface area contributed by atoms with Gasteiger partial charge >= 0.3 is 5.70 Å². The van der Waals surface area contributed by atoms with E-state index in [4.69, 9.17) is 18.9 Å². The summed E-state index contributed by atoms with van der Waals surface area (Å²) in [5.74, 6) is 0. The zero-order chi connectivity index (χ0) is 14.8. The highest BCUT2D eigenvalue weighted by Crippen LogP contribution is 2.32. The Morgan fingerprint density at radius 2 is 2.05 bits per heavy atom. The van der Waals surface area contributed by atoms with Gasteiger partial charge in [0.15, 0.2) is 6.29 Å². The minimum absolute atomic E-state index is 0.146. The number of ether oxygens (including phenoxy) is 4. The van der Waals surface area contributed by atoms with Crippen LogP contribution in [-0.2, 0) is 18.9 Å². The van der Waals surface area contributed by atoms with Crippen LogP contribution in [0.5, 0.6) is 0 Å². The Bertz CT molecular complexity index is 546. The summed E-state index contributed by atoms with van der Waals surface area (Å²) in [4.78, 5) is 10.5. The van der Waals surface area contributed by atoms with Crippen LogP contribution in [0.4, 0.5) is 0 Å². The number of fused-ring (bicyclic) bond motifs is 1. The smallest absolute Gasteiger partial charge is 0.300 e. The lowest BCUT2D eigenvalue weighted by Crippen LogP contribution is -2.48. The van der Waals surface area contributed by atoms with Crippen molar-refractivity contribution in [1.82, 2.24) is 0 Å². The molecule has 1 aromatic carbocycles. The number of rotatable bonds is 3. The maximum Gasteiger partial charge on any atom is 0.300 e. The molecule has 0 amide bonds. The topological polar surface area (TPSA) is 80.1 Å². The van der Waals surface area contributed by atoms with E-state index in [0.717, 1.165) is 5.56 Å². The van der Waals surface area contributed by atoms with Crippen LogP contribution in [0.2, 0.25) is 0 Å². The molecular weight excluding hydrogens is 278 g/mol. The predicted octanol–water partition coefficient (Wildman–Crippen LogP) is 1.63. The van der Waals surface area contributed by atoms with E-state index in [2.05, 4.69) is 0 Å². The second-order valence-corrected chi connectivity index (χ2v) is 4.77. The van der Waals surface area contributed by atoms with Crippen LogP contribution in [0.1, 0.15) is 11.9 Å². The first-order chi connectivity index (χ1) is 10.2. The molecule has 0 aromatic heterocycles. The summed E-state index contributed by atoms with van der Waals surface area (Å²) in [6, 6.07) is 9.41. The molecule has 21 heavy (non-hydrogen) atoms. The fraction of sp³-hybridized carbons (Fsp3) is 0.429. The first-order valence-corrected chi connectivity index (χ1v) is 6.55. The van der Waals surface area contributed by atoms with Crippen LogP contribution in [-0.4, -0.2) is 37.1 Å².